The number of carbonyl (C=O) groups is 1. The van der Waals surface area contributed by atoms with Crippen LogP contribution in [0.1, 0.15) is 0 Å². The van der Waals surface area contributed by atoms with Gasteiger partial charge in [-0.15, -0.1) is 0 Å². The lowest BCUT2D eigenvalue weighted by atomic mass is 10.2. The van der Waals surface area contributed by atoms with Crippen molar-refractivity contribution in [1.82, 2.24) is 9.55 Å². The Morgan fingerprint density at radius 3 is 2.50 bits per heavy atom. The first kappa shape index (κ1) is 17.5. The predicted molar refractivity (Wildman–Crippen MR) is 108 cm³/mol. The number of amides is 1. The van der Waals surface area contributed by atoms with Crippen LogP contribution in [0.25, 0.3) is 11.0 Å². The highest BCUT2D eigenvalue weighted by molar-refractivity contribution is 5.93. The Bertz CT molecular complexity index is 1190. The van der Waals surface area contributed by atoms with E-state index in [1.165, 1.54) is 10.8 Å². The van der Waals surface area contributed by atoms with Gasteiger partial charge in [0.15, 0.2) is 5.75 Å². The van der Waals surface area contributed by atoms with Crippen LogP contribution in [0.3, 0.4) is 0 Å². The van der Waals surface area contributed by atoms with Crippen LogP contribution >= 0.6 is 0 Å². The van der Waals surface area contributed by atoms with Crippen molar-refractivity contribution in [3.63, 3.8) is 0 Å². The molecule has 0 aliphatic rings. The molecule has 0 bridgehead atoms. The topological polar surface area (TPSA) is 73.2 Å². The molecule has 6 nitrogen and oxygen atoms in total. The normalized spacial score (nSPS) is 10.6. The van der Waals surface area contributed by atoms with E-state index in [2.05, 4.69) is 10.3 Å². The van der Waals surface area contributed by atoms with Gasteiger partial charge in [-0.1, -0.05) is 42.5 Å². The molecule has 0 unspecified atom stereocenters. The quantitative estimate of drug-likeness (QED) is 0.579. The van der Waals surface area contributed by atoms with Crippen molar-refractivity contribution in [3.8, 4) is 11.5 Å². The molecule has 1 amide bonds. The Balaban J connectivity index is 1.57. The van der Waals surface area contributed by atoms with Crippen LogP contribution in [0.15, 0.2) is 89.9 Å². The molecule has 4 rings (SSSR count). The van der Waals surface area contributed by atoms with Crippen molar-refractivity contribution in [2.45, 2.75) is 6.54 Å². The van der Waals surface area contributed by atoms with Gasteiger partial charge in [-0.3, -0.25) is 14.2 Å². The van der Waals surface area contributed by atoms with Crippen molar-refractivity contribution >= 4 is 22.6 Å². The van der Waals surface area contributed by atoms with Crippen LogP contribution in [0, 0.1) is 0 Å². The number of benzene rings is 3. The van der Waals surface area contributed by atoms with Gasteiger partial charge in [0.1, 0.15) is 12.3 Å². The number of hydrogen-bond acceptors (Lipinski definition) is 4. The molecule has 138 valence electrons. The van der Waals surface area contributed by atoms with Crippen LogP contribution < -0.4 is 15.6 Å². The maximum Gasteiger partial charge on any atom is 0.269 e. The van der Waals surface area contributed by atoms with Gasteiger partial charge < -0.3 is 10.1 Å². The maximum atomic E-state index is 12.6. The second-order valence-electron chi connectivity index (χ2n) is 6.13. The summed E-state index contributed by atoms with van der Waals surface area (Å²) in [6, 6.07) is 23.7. The molecule has 0 atom stereocenters. The van der Waals surface area contributed by atoms with Crippen molar-refractivity contribution in [3.05, 3.63) is 95.4 Å². The molecule has 6 heteroatoms. The SMILES string of the molecule is O=C(Cn1c(=O)cnc2ccccc21)Nc1ccccc1Oc1ccccc1. The zero-order valence-corrected chi connectivity index (χ0v) is 14.9. The Labute approximate surface area is 161 Å². The fraction of sp³-hybridized carbons (Fsp3) is 0.0455. The molecule has 1 N–H and O–H groups in total. The zero-order chi connectivity index (χ0) is 19.3. The first-order valence-electron chi connectivity index (χ1n) is 8.77. The van der Waals surface area contributed by atoms with E-state index in [0.717, 1.165) is 0 Å². The van der Waals surface area contributed by atoms with Gasteiger partial charge in [-0.25, -0.2) is 4.98 Å². The Hall–Kier alpha value is -3.93. The molecule has 1 heterocycles. The van der Waals surface area contributed by atoms with Gasteiger partial charge in [-0.05, 0) is 36.4 Å². The number of nitrogens with zero attached hydrogens (tertiary/aromatic N) is 2. The molecule has 4 aromatic rings. The Kier molecular flexibility index (Phi) is 4.84. The van der Waals surface area contributed by atoms with Crippen molar-refractivity contribution in [2.24, 2.45) is 0 Å². The first-order valence-corrected chi connectivity index (χ1v) is 8.77. The summed E-state index contributed by atoms with van der Waals surface area (Å²) in [4.78, 5) is 29.0. The molecule has 0 aliphatic carbocycles. The highest BCUT2D eigenvalue weighted by Gasteiger charge is 2.12. The number of hydrogen-bond donors (Lipinski definition) is 1. The highest BCUT2D eigenvalue weighted by atomic mass is 16.5. The molecular weight excluding hydrogens is 354 g/mol. The van der Waals surface area contributed by atoms with Crippen LogP contribution in [-0.4, -0.2) is 15.5 Å². The monoisotopic (exact) mass is 371 g/mol. The standard InChI is InChI=1S/C22H17N3O3/c26-21(15-25-19-12-6-4-10-17(19)23-14-22(25)27)24-18-11-5-7-13-20(18)28-16-8-2-1-3-9-16/h1-14H,15H2,(H,24,26). The number of carbonyl (C=O) groups excluding carboxylic acids is 1. The van der Waals surface area contributed by atoms with E-state index in [9.17, 15) is 9.59 Å². The van der Waals surface area contributed by atoms with Crippen LogP contribution in [0.4, 0.5) is 5.69 Å². The largest absolute Gasteiger partial charge is 0.455 e. The molecular formula is C22H17N3O3. The predicted octanol–water partition coefficient (Wildman–Crippen LogP) is 3.83. The minimum atomic E-state index is -0.331. The third-order valence-electron chi connectivity index (χ3n) is 4.19. The Morgan fingerprint density at radius 2 is 1.64 bits per heavy atom. The molecule has 3 aromatic carbocycles. The summed E-state index contributed by atoms with van der Waals surface area (Å²) in [6.45, 7) is -0.123. The fourth-order valence-electron chi connectivity index (χ4n) is 2.89. The number of nitrogens with one attached hydrogen (secondary N) is 1. The molecule has 0 saturated carbocycles. The number of rotatable bonds is 5. The second kappa shape index (κ2) is 7.75. The summed E-state index contributed by atoms with van der Waals surface area (Å²) >= 11 is 0. The van der Waals surface area contributed by atoms with E-state index in [4.69, 9.17) is 4.74 Å². The van der Waals surface area contributed by atoms with Crippen LogP contribution in [0.5, 0.6) is 11.5 Å². The minimum absolute atomic E-state index is 0.123. The average Bonchev–Trinajstić information content (AvgIpc) is 2.72. The van der Waals surface area contributed by atoms with Gasteiger partial charge in [-0.2, -0.15) is 0 Å². The van der Waals surface area contributed by atoms with Gasteiger partial charge in [0, 0.05) is 0 Å². The van der Waals surface area contributed by atoms with Crippen LogP contribution in [-0.2, 0) is 11.3 Å². The Morgan fingerprint density at radius 1 is 0.929 bits per heavy atom. The summed E-state index contributed by atoms with van der Waals surface area (Å²) in [7, 11) is 0. The molecule has 28 heavy (non-hydrogen) atoms. The molecule has 0 fully saturated rings. The van der Waals surface area contributed by atoms with Gasteiger partial charge in [0.2, 0.25) is 5.91 Å². The lowest BCUT2D eigenvalue weighted by Gasteiger charge is -2.13. The number of para-hydroxylation sites is 5. The molecule has 0 spiro atoms. The summed E-state index contributed by atoms with van der Waals surface area (Å²) < 4.78 is 7.26. The number of ether oxygens (including phenoxy) is 1. The second-order valence-corrected chi connectivity index (χ2v) is 6.13. The number of fused-ring (bicyclic) bond motifs is 1. The van der Waals surface area contributed by atoms with Crippen molar-refractivity contribution in [2.75, 3.05) is 5.32 Å². The fourth-order valence-corrected chi connectivity index (χ4v) is 2.89. The van der Waals surface area contributed by atoms with Crippen LogP contribution in [0.2, 0.25) is 0 Å². The van der Waals surface area contributed by atoms with E-state index in [1.54, 1.807) is 30.3 Å². The van der Waals surface area contributed by atoms with E-state index < -0.39 is 0 Å². The number of aromatic nitrogens is 2. The van der Waals surface area contributed by atoms with E-state index in [1.807, 2.05) is 48.5 Å². The van der Waals surface area contributed by atoms with E-state index >= 15 is 0 Å². The third-order valence-corrected chi connectivity index (χ3v) is 4.19. The molecule has 0 saturated heterocycles. The minimum Gasteiger partial charge on any atom is -0.455 e. The van der Waals surface area contributed by atoms with Crippen molar-refractivity contribution < 1.29 is 9.53 Å². The summed E-state index contributed by atoms with van der Waals surface area (Å²) in [6.07, 6.45) is 1.22. The average molecular weight is 371 g/mol. The summed E-state index contributed by atoms with van der Waals surface area (Å²) in [5.74, 6) is 0.858. The van der Waals surface area contributed by atoms with E-state index in [0.29, 0.717) is 28.2 Å². The lowest BCUT2D eigenvalue weighted by molar-refractivity contribution is -0.116. The molecule has 0 radical (unpaired) electrons. The van der Waals surface area contributed by atoms with Gasteiger partial charge >= 0.3 is 0 Å². The zero-order valence-electron chi connectivity index (χ0n) is 14.9. The highest BCUT2D eigenvalue weighted by Crippen LogP contribution is 2.29. The van der Waals surface area contributed by atoms with Gasteiger partial charge in [0.25, 0.3) is 5.56 Å². The molecule has 0 aliphatic heterocycles. The third kappa shape index (κ3) is 3.76. The summed E-state index contributed by atoms with van der Waals surface area (Å²) in [5.41, 5.74) is 1.46. The van der Waals surface area contributed by atoms with Gasteiger partial charge in [0.05, 0.1) is 22.9 Å². The lowest BCUT2D eigenvalue weighted by Crippen LogP contribution is -2.28. The van der Waals surface area contributed by atoms with Crippen molar-refractivity contribution in [1.29, 1.82) is 0 Å². The smallest absolute Gasteiger partial charge is 0.269 e. The maximum absolute atomic E-state index is 12.6. The summed E-state index contributed by atoms with van der Waals surface area (Å²) in [5, 5.41) is 2.83. The molecule has 1 aromatic heterocycles. The number of anilines is 1. The van der Waals surface area contributed by atoms with E-state index in [-0.39, 0.29) is 18.0 Å². The first-order chi connectivity index (χ1) is 13.7.